The molecule has 2 saturated carbocycles. The van der Waals surface area contributed by atoms with Crippen LogP contribution in [-0.2, 0) is 0 Å². The van der Waals surface area contributed by atoms with E-state index in [0.717, 1.165) is 30.6 Å². The molecule has 2 bridgehead atoms. The average molecular weight is 163 g/mol. The number of hydrazine groups is 1. The number of aliphatic imine (C=N–C) groups is 1. The van der Waals surface area contributed by atoms with Crippen LogP contribution in [0.25, 0.3) is 0 Å². The van der Waals surface area contributed by atoms with E-state index in [1.165, 1.54) is 19.3 Å². The summed E-state index contributed by atoms with van der Waals surface area (Å²) in [4.78, 5) is 4.33. The first-order valence-electron chi connectivity index (χ1n) is 5.00. The predicted octanol–water partition coefficient (Wildman–Crippen LogP) is 0.685. The standard InChI is InChI=1S/C9H13N3/c1-2-7-6(1)8-3-9(7)12-5-10-4-11(8)12/h4,6-9H,1-3,5H2. The van der Waals surface area contributed by atoms with E-state index in [1.807, 2.05) is 0 Å². The van der Waals surface area contributed by atoms with Gasteiger partial charge in [-0.1, -0.05) is 0 Å². The van der Waals surface area contributed by atoms with Gasteiger partial charge >= 0.3 is 0 Å². The molecule has 2 aliphatic carbocycles. The number of hydrogen-bond donors (Lipinski definition) is 0. The second kappa shape index (κ2) is 1.69. The molecular weight excluding hydrogens is 150 g/mol. The van der Waals surface area contributed by atoms with Crippen molar-refractivity contribution in [2.45, 2.75) is 31.3 Å². The third-order valence-corrected chi connectivity index (χ3v) is 4.30. The summed E-state index contributed by atoms with van der Waals surface area (Å²) in [7, 11) is 0. The van der Waals surface area contributed by atoms with Gasteiger partial charge in [0.05, 0.1) is 6.04 Å². The molecular formula is C9H13N3. The first-order valence-corrected chi connectivity index (χ1v) is 5.00. The molecule has 4 aliphatic rings. The van der Waals surface area contributed by atoms with Crippen LogP contribution in [0.3, 0.4) is 0 Å². The Morgan fingerprint density at radius 3 is 2.83 bits per heavy atom. The Balaban J connectivity index is 1.77. The third-order valence-electron chi connectivity index (χ3n) is 4.30. The predicted molar refractivity (Wildman–Crippen MR) is 45.4 cm³/mol. The highest BCUT2D eigenvalue weighted by Gasteiger charge is 2.59. The first-order chi connectivity index (χ1) is 5.95. The van der Waals surface area contributed by atoms with Gasteiger partial charge in [-0.15, -0.1) is 0 Å². The molecule has 0 amide bonds. The molecule has 64 valence electrons. The largest absolute Gasteiger partial charge is 0.290 e. The van der Waals surface area contributed by atoms with E-state index in [0.29, 0.717) is 0 Å². The first kappa shape index (κ1) is 5.97. The highest BCUT2D eigenvalue weighted by atomic mass is 15.7. The molecule has 4 atom stereocenters. The monoisotopic (exact) mass is 163 g/mol. The Hall–Kier alpha value is -0.570. The molecule has 3 fully saturated rings. The van der Waals surface area contributed by atoms with Crippen LogP contribution in [0.4, 0.5) is 0 Å². The Morgan fingerprint density at radius 2 is 2.00 bits per heavy atom. The Labute approximate surface area is 72.0 Å². The lowest BCUT2D eigenvalue weighted by molar-refractivity contribution is -0.0642. The van der Waals surface area contributed by atoms with Crippen molar-refractivity contribution in [3.8, 4) is 0 Å². The minimum Gasteiger partial charge on any atom is -0.290 e. The topological polar surface area (TPSA) is 18.8 Å². The molecule has 12 heavy (non-hydrogen) atoms. The van der Waals surface area contributed by atoms with Gasteiger partial charge in [-0.2, -0.15) is 5.01 Å². The van der Waals surface area contributed by atoms with Gasteiger partial charge in [-0.25, -0.2) is 0 Å². The molecule has 0 spiro atoms. The van der Waals surface area contributed by atoms with E-state index in [2.05, 4.69) is 21.3 Å². The second-order valence-corrected chi connectivity index (χ2v) is 4.53. The van der Waals surface area contributed by atoms with Crippen molar-refractivity contribution < 1.29 is 0 Å². The summed E-state index contributed by atoms with van der Waals surface area (Å²) >= 11 is 0. The molecule has 4 unspecified atom stereocenters. The Bertz CT molecular complexity index is 262. The summed E-state index contributed by atoms with van der Waals surface area (Å²) in [6, 6.07) is 1.69. The lowest BCUT2D eigenvalue weighted by Gasteiger charge is -2.47. The molecule has 2 aliphatic heterocycles. The smallest absolute Gasteiger partial charge is 0.111 e. The van der Waals surface area contributed by atoms with Gasteiger partial charge in [0.25, 0.3) is 0 Å². The van der Waals surface area contributed by atoms with Crippen molar-refractivity contribution in [3.63, 3.8) is 0 Å². The highest BCUT2D eigenvalue weighted by Crippen LogP contribution is 2.55. The molecule has 0 aromatic heterocycles. The van der Waals surface area contributed by atoms with Gasteiger partial charge in [-0.3, -0.25) is 10.0 Å². The molecule has 1 saturated heterocycles. The fourth-order valence-electron chi connectivity index (χ4n) is 3.65. The SMILES string of the molecule is C1=NCN2C3CC(C4CCC43)N12. The van der Waals surface area contributed by atoms with Crippen LogP contribution >= 0.6 is 0 Å². The van der Waals surface area contributed by atoms with E-state index >= 15 is 0 Å². The van der Waals surface area contributed by atoms with Crippen molar-refractivity contribution in [2.24, 2.45) is 16.8 Å². The maximum absolute atomic E-state index is 4.33. The van der Waals surface area contributed by atoms with Crippen LogP contribution < -0.4 is 0 Å². The number of nitrogens with zero attached hydrogens (tertiary/aromatic N) is 3. The zero-order valence-corrected chi connectivity index (χ0v) is 7.06. The third kappa shape index (κ3) is 0.454. The van der Waals surface area contributed by atoms with Crippen LogP contribution in [0.2, 0.25) is 0 Å². The highest BCUT2D eigenvalue weighted by molar-refractivity contribution is 5.58. The summed E-state index contributed by atoms with van der Waals surface area (Å²) in [6.07, 6.45) is 6.43. The van der Waals surface area contributed by atoms with E-state index in [4.69, 9.17) is 0 Å². The summed E-state index contributed by atoms with van der Waals surface area (Å²) in [5.41, 5.74) is 0. The molecule has 0 radical (unpaired) electrons. The van der Waals surface area contributed by atoms with Crippen LogP contribution in [0.5, 0.6) is 0 Å². The quantitative estimate of drug-likeness (QED) is 0.523. The van der Waals surface area contributed by atoms with Gasteiger partial charge in [-0.05, 0) is 31.1 Å². The van der Waals surface area contributed by atoms with Crippen LogP contribution in [0, 0.1) is 11.8 Å². The zero-order valence-electron chi connectivity index (χ0n) is 7.06. The normalized spacial score (nSPS) is 54.2. The molecule has 3 heteroatoms. The number of hydrogen-bond acceptors (Lipinski definition) is 3. The molecule has 4 rings (SSSR count). The van der Waals surface area contributed by atoms with Gasteiger partial charge in [0.15, 0.2) is 0 Å². The van der Waals surface area contributed by atoms with Crippen molar-refractivity contribution in [2.75, 3.05) is 6.67 Å². The van der Waals surface area contributed by atoms with Crippen molar-refractivity contribution in [1.82, 2.24) is 10.0 Å². The Kier molecular flexibility index (Phi) is 0.841. The van der Waals surface area contributed by atoms with E-state index in [1.54, 1.807) is 0 Å². The number of fused-ring (bicyclic) bond motifs is 8. The van der Waals surface area contributed by atoms with Gasteiger partial charge in [0.1, 0.15) is 13.0 Å². The fourth-order valence-corrected chi connectivity index (χ4v) is 3.65. The minimum atomic E-state index is 0.833. The van der Waals surface area contributed by atoms with E-state index in [9.17, 15) is 0 Å². The van der Waals surface area contributed by atoms with Gasteiger partial charge in [0, 0.05) is 6.04 Å². The minimum absolute atomic E-state index is 0.833. The fraction of sp³-hybridized carbons (Fsp3) is 0.889. The average Bonchev–Trinajstić information content (AvgIpc) is 2.56. The maximum Gasteiger partial charge on any atom is 0.111 e. The zero-order chi connectivity index (χ0) is 7.71. The van der Waals surface area contributed by atoms with Crippen molar-refractivity contribution in [3.05, 3.63) is 0 Å². The summed E-state index contributed by atoms with van der Waals surface area (Å²) in [5, 5.41) is 4.88. The molecule has 3 nitrogen and oxygen atoms in total. The summed E-state index contributed by atoms with van der Waals surface area (Å²) in [5.74, 6) is 2.06. The molecule has 0 N–H and O–H groups in total. The van der Waals surface area contributed by atoms with Crippen molar-refractivity contribution >= 4 is 6.34 Å². The number of rotatable bonds is 0. The second-order valence-electron chi connectivity index (χ2n) is 4.53. The molecule has 2 heterocycles. The lowest BCUT2D eigenvalue weighted by Crippen LogP contribution is -2.54. The van der Waals surface area contributed by atoms with Crippen LogP contribution in [-0.4, -0.2) is 35.1 Å². The van der Waals surface area contributed by atoms with Gasteiger partial charge < -0.3 is 0 Å². The van der Waals surface area contributed by atoms with E-state index < -0.39 is 0 Å². The Morgan fingerprint density at radius 1 is 1.17 bits per heavy atom. The molecule has 0 aromatic carbocycles. The summed E-state index contributed by atoms with van der Waals surface area (Å²) < 4.78 is 0. The van der Waals surface area contributed by atoms with Crippen LogP contribution in [0.15, 0.2) is 4.99 Å². The van der Waals surface area contributed by atoms with Crippen molar-refractivity contribution in [1.29, 1.82) is 0 Å². The van der Waals surface area contributed by atoms with Gasteiger partial charge in [0.2, 0.25) is 0 Å². The van der Waals surface area contributed by atoms with Crippen LogP contribution in [0.1, 0.15) is 19.3 Å². The maximum atomic E-state index is 4.33. The summed E-state index contributed by atoms with van der Waals surface area (Å²) in [6.45, 7) is 0.935. The van der Waals surface area contributed by atoms with E-state index in [-0.39, 0.29) is 0 Å². The lowest BCUT2D eigenvalue weighted by atomic mass is 9.72. The molecule has 0 aromatic rings.